The van der Waals surface area contributed by atoms with Gasteiger partial charge in [0.05, 0.1) is 37.5 Å². The first-order valence-electron chi connectivity index (χ1n) is 15.1. The van der Waals surface area contributed by atoms with E-state index in [2.05, 4.69) is 29.4 Å². The fourth-order valence-electron chi connectivity index (χ4n) is 3.16. The van der Waals surface area contributed by atoms with Gasteiger partial charge >= 0.3 is 12.1 Å². The van der Waals surface area contributed by atoms with Crippen molar-refractivity contribution in [2.75, 3.05) is 40.5 Å². The quantitative estimate of drug-likeness (QED) is 0.0712. The zero-order chi connectivity index (χ0) is 36.2. The van der Waals surface area contributed by atoms with E-state index in [9.17, 15) is 34.8 Å². The van der Waals surface area contributed by atoms with Gasteiger partial charge in [-0.25, -0.2) is 14.5 Å². The van der Waals surface area contributed by atoms with Gasteiger partial charge in [0, 0.05) is 26.6 Å². The summed E-state index contributed by atoms with van der Waals surface area (Å²) >= 11 is 0. The van der Waals surface area contributed by atoms with E-state index in [1.54, 1.807) is 13.8 Å². The molecule has 1 fully saturated rings. The van der Waals surface area contributed by atoms with Crippen molar-refractivity contribution in [1.82, 2.24) is 10.6 Å². The number of ether oxygens (including phenoxy) is 3. The molecule has 0 radical (unpaired) electrons. The molecule has 0 aromatic carbocycles. The highest BCUT2D eigenvalue weighted by Gasteiger charge is 2.54. The molecule has 0 aromatic heterocycles. The predicted octanol–water partition coefficient (Wildman–Crippen LogP) is 0.903. The SMILES string of the molecule is CC.CC(C)(CCO)OO.CC(C)CCOC(=O)NCC=O.CCC.CNC1C(O)CC(OC)(C(=O)O)OC1C(O)C(O)CO. The van der Waals surface area contributed by atoms with Crippen molar-refractivity contribution < 1.29 is 69.4 Å². The number of aliphatic hydroxyl groups excluding tert-OH is 5. The standard InChI is InChI=1S/C11H21NO8.C8H15NO3.C5H12O3.C3H8.C2H6/c1-12-7-5(14)3-11(19-2,10(17)18)20-9(7)8(16)6(15)4-13;1-7(2)3-6-12-8(11)9-4-5-10;1-5(2,8-7)3-4-6;1-3-2;1-2/h5-9,12-16H,3-4H2,1-2H3,(H,17,18);5,7H,3-4,6H2,1-2H3,(H,9,11);6-7H,3-4H2,1-2H3;3H2,1-2H3;1-2H3. The number of hydrogen-bond acceptors (Lipinski definition) is 14. The fourth-order valence-corrected chi connectivity index (χ4v) is 3.16. The van der Waals surface area contributed by atoms with Gasteiger partial charge in [-0.15, -0.1) is 0 Å². The smallest absolute Gasteiger partial charge is 0.407 e. The maximum Gasteiger partial charge on any atom is 0.407 e. The second-order valence-electron chi connectivity index (χ2n) is 10.6. The van der Waals surface area contributed by atoms with Crippen LogP contribution in [0, 0.1) is 5.92 Å². The molecule has 0 aromatic rings. The third-order valence-corrected chi connectivity index (χ3v) is 5.70. The van der Waals surface area contributed by atoms with Crippen LogP contribution in [-0.2, 0) is 28.7 Å². The minimum atomic E-state index is -2.12. The number of amides is 1. The lowest BCUT2D eigenvalue weighted by molar-refractivity contribution is -0.315. The van der Waals surface area contributed by atoms with Crippen LogP contribution in [0.15, 0.2) is 0 Å². The molecule has 16 nitrogen and oxygen atoms in total. The Morgan fingerprint density at radius 1 is 1.16 bits per heavy atom. The maximum absolute atomic E-state index is 11.3. The summed E-state index contributed by atoms with van der Waals surface area (Å²) in [7, 11) is 2.59. The van der Waals surface area contributed by atoms with Crippen LogP contribution in [0.3, 0.4) is 0 Å². The molecule has 1 amide bonds. The first-order valence-corrected chi connectivity index (χ1v) is 15.1. The van der Waals surface area contributed by atoms with Gasteiger partial charge in [-0.2, -0.15) is 0 Å². The van der Waals surface area contributed by atoms with Crippen LogP contribution in [0.1, 0.15) is 81.1 Å². The average Bonchev–Trinajstić information content (AvgIpc) is 3.00. The van der Waals surface area contributed by atoms with Gasteiger partial charge in [-0.05, 0) is 33.2 Å². The van der Waals surface area contributed by atoms with Crippen molar-refractivity contribution in [2.45, 2.75) is 123 Å². The highest BCUT2D eigenvalue weighted by Crippen LogP contribution is 2.32. The van der Waals surface area contributed by atoms with Crippen LogP contribution in [0.4, 0.5) is 4.79 Å². The monoisotopic (exact) mass is 662 g/mol. The molecule has 0 aliphatic carbocycles. The first-order chi connectivity index (χ1) is 21.0. The first kappa shape index (κ1) is 49.9. The molecule has 272 valence electrons. The van der Waals surface area contributed by atoms with Crippen LogP contribution >= 0.6 is 0 Å². The number of aliphatic carboxylic acids is 1. The van der Waals surface area contributed by atoms with Crippen LogP contribution in [0.5, 0.6) is 0 Å². The number of nitrogens with one attached hydrogen (secondary N) is 2. The molecule has 0 bridgehead atoms. The predicted molar refractivity (Wildman–Crippen MR) is 166 cm³/mol. The Bertz CT molecular complexity index is 729. The zero-order valence-corrected chi connectivity index (χ0v) is 28.7. The Hall–Kier alpha value is -1.99. The van der Waals surface area contributed by atoms with Gasteiger partial charge in [-0.1, -0.05) is 48.0 Å². The molecule has 16 heteroatoms. The molecule has 1 aliphatic rings. The van der Waals surface area contributed by atoms with Crippen molar-refractivity contribution in [3.63, 3.8) is 0 Å². The number of aliphatic hydroxyl groups is 5. The summed E-state index contributed by atoms with van der Waals surface area (Å²) in [5.74, 6) is -3.05. The van der Waals surface area contributed by atoms with Crippen LogP contribution in [-0.4, -0.2) is 137 Å². The number of carbonyl (C=O) groups is 3. The Balaban J connectivity index is -0.000000286. The van der Waals surface area contributed by atoms with Crippen molar-refractivity contribution >= 4 is 18.3 Å². The molecule has 1 rings (SSSR count). The fraction of sp³-hybridized carbons (Fsp3) is 0.897. The summed E-state index contributed by atoms with van der Waals surface area (Å²) in [6, 6.07) is -0.825. The maximum atomic E-state index is 11.3. The number of carboxylic acids is 1. The lowest BCUT2D eigenvalue weighted by atomic mass is 9.89. The molecule has 0 saturated carbocycles. The molecular weight excluding hydrogens is 600 g/mol. The van der Waals surface area contributed by atoms with Crippen molar-refractivity contribution in [3.8, 4) is 0 Å². The summed E-state index contributed by atoms with van der Waals surface area (Å²) in [5.41, 5.74) is -0.602. The second kappa shape index (κ2) is 29.4. The summed E-state index contributed by atoms with van der Waals surface area (Å²) in [5, 5.41) is 68.9. The number of hydrogen-bond donors (Lipinski definition) is 9. The molecular formula is C29H62N2O14. The van der Waals surface area contributed by atoms with E-state index in [-0.39, 0.29) is 19.6 Å². The largest absolute Gasteiger partial charge is 0.477 e. The normalized spacial score (nSPS) is 21.8. The molecule has 0 spiro atoms. The lowest BCUT2D eigenvalue weighted by Gasteiger charge is -2.45. The van der Waals surface area contributed by atoms with Crippen LogP contribution in [0.25, 0.3) is 0 Å². The molecule has 45 heavy (non-hydrogen) atoms. The summed E-state index contributed by atoms with van der Waals surface area (Å²) in [6.45, 7) is 15.5. The summed E-state index contributed by atoms with van der Waals surface area (Å²) in [6.07, 6.45) is -3.31. The summed E-state index contributed by atoms with van der Waals surface area (Å²) < 4.78 is 14.9. The highest BCUT2D eigenvalue weighted by atomic mass is 17.1. The van der Waals surface area contributed by atoms with Gasteiger partial charge in [0.1, 0.15) is 24.6 Å². The number of alkyl carbamates (subject to hydrolysis) is 1. The van der Waals surface area contributed by atoms with Crippen LogP contribution in [0.2, 0.25) is 0 Å². The molecule has 1 saturated heterocycles. The third-order valence-electron chi connectivity index (χ3n) is 5.70. The van der Waals surface area contributed by atoms with E-state index in [4.69, 9.17) is 29.7 Å². The Morgan fingerprint density at radius 3 is 2.02 bits per heavy atom. The second-order valence-corrected chi connectivity index (χ2v) is 10.6. The number of aldehydes is 1. The van der Waals surface area contributed by atoms with E-state index in [0.29, 0.717) is 25.2 Å². The Kier molecular flexibility index (Phi) is 32.6. The number of likely N-dealkylation sites (N-methyl/N-ethyl adjacent to an activating group) is 1. The van der Waals surface area contributed by atoms with Gasteiger partial charge in [0.2, 0.25) is 0 Å². The van der Waals surface area contributed by atoms with E-state index in [0.717, 1.165) is 13.5 Å². The van der Waals surface area contributed by atoms with Crippen molar-refractivity contribution in [3.05, 3.63) is 0 Å². The number of rotatable bonds is 14. The van der Waals surface area contributed by atoms with E-state index in [1.807, 2.05) is 27.7 Å². The minimum Gasteiger partial charge on any atom is -0.477 e. The van der Waals surface area contributed by atoms with Crippen LogP contribution < -0.4 is 10.6 Å². The van der Waals surface area contributed by atoms with Crippen molar-refractivity contribution in [2.24, 2.45) is 5.92 Å². The molecule has 1 heterocycles. The Morgan fingerprint density at radius 2 is 1.69 bits per heavy atom. The average molecular weight is 663 g/mol. The zero-order valence-electron chi connectivity index (χ0n) is 28.7. The van der Waals surface area contributed by atoms with Crippen molar-refractivity contribution in [1.29, 1.82) is 0 Å². The van der Waals surface area contributed by atoms with E-state index < -0.39 is 60.5 Å². The van der Waals surface area contributed by atoms with Gasteiger partial charge in [0.15, 0.2) is 0 Å². The van der Waals surface area contributed by atoms with E-state index >= 15 is 0 Å². The minimum absolute atomic E-state index is 0.0144. The molecule has 9 N–H and O–H groups in total. The highest BCUT2D eigenvalue weighted by molar-refractivity contribution is 5.76. The van der Waals surface area contributed by atoms with E-state index in [1.165, 1.54) is 13.5 Å². The number of carboxylic acid groups (broad SMARTS) is 1. The molecule has 1 aliphatic heterocycles. The topological polar surface area (TPSA) is 254 Å². The summed E-state index contributed by atoms with van der Waals surface area (Å²) in [4.78, 5) is 35.8. The van der Waals surface area contributed by atoms with Gasteiger partial charge in [-0.3, -0.25) is 5.26 Å². The molecule has 6 unspecified atom stereocenters. The number of carbonyl (C=O) groups excluding carboxylic acids is 2. The van der Waals surface area contributed by atoms with Gasteiger partial charge < -0.3 is 60.3 Å². The number of methoxy groups -OCH3 is 1. The van der Waals surface area contributed by atoms with Gasteiger partial charge in [0.25, 0.3) is 5.79 Å². The third kappa shape index (κ3) is 23.1. The lowest BCUT2D eigenvalue weighted by Crippen LogP contribution is -2.66. The molecule has 6 atom stereocenters. The Labute approximate surface area is 268 Å².